The molecule has 3 aromatic carbocycles. The summed E-state index contributed by atoms with van der Waals surface area (Å²) in [4.78, 5) is 11.9. The monoisotopic (exact) mass is 348 g/mol. The van der Waals surface area contributed by atoms with Crippen molar-refractivity contribution in [3.63, 3.8) is 0 Å². The van der Waals surface area contributed by atoms with Gasteiger partial charge in [0.2, 0.25) is 0 Å². The fourth-order valence-electron chi connectivity index (χ4n) is 2.61. The first-order valence-electron chi connectivity index (χ1n) is 8.28. The van der Waals surface area contributed by atoms with Crippen molar-refractivity contribution in [2.24, 2.45) is 5.10 Å². The van der Waals surface area contributed by atoms with Crippen LogP contribution in [0.1, 0.15) is 16.7 Å². The highest BCUT2D eigenvalue weighted by molar-refractivity contribution is 5.97. The van der Waals surface area contributed by atoms with Gasteiger partial charge in [-0.1, -0.05) is 42.5 Å². The lowest BCUT2D eigenvalue weighted by molar-refractivity contribution is -0.123. The molecular weight excluding hydrogens is 328 g/mol. The van der Waals surface area contributed by atoms with Gasteiger partial charge in [0.05, 0.1) is 6.21 Å². The van der Waals surface area contributed by atoms with Crippen LogP contribution >= 0.6 is 0 Å². The number of nitrogens with one attached hydrogen (secondary N) is 1. The Morgan fingerprint density at radius 2 is 1.92 bits per heavy atom. The van der Waals surface area contributed by atoms with Crippen molar-refractivity contribution in [3.8, 4) is 11.5 Å². The van der Waals surface area contributed by atoms with Crippen molar-refractivity contribution < 1.29 is 14.6 Å². The molecule has 3 rings (SSSR count). The maximum absolute atomic E-state index is 11.9. The number of hydrogen-bond donors (Lipinski definition) is 2. The van der Waals surface area contributed by atoms with Gasteiger partial charge in [0, 0.05) is 10.9 Å². The number of carbonyl (C=O) groups is 1. The number of rotatable bonds is 5. The molecule has 0 heterocycles. The van der Waals surface area contributed by atoms with Gasteiger partial charge in [0.1, 0.15) is 11.5 Å². The minimum absolute atomic E-state index is 0.132. The van der Waals surface area contributed by atoms with Crippen molar-refractivity contribution in [3.05, 3.63) is 71.3 Å². The number of hydrogen-bond acceptors (Lipinski definition) is 4. The molecule has 1 amide bonds. The predicted octanol–water partition coefficient (Wildman–Crippen LogP) is 3.69. The van der Waals surface area contributed by atoms with Gasteiger partial charge < -0.3 is 9.84 Å². The van der Waals surface area contributed by atoms with E-state index in [1.807, 2.05) is 62.4 Å². The molecule has 0 spiro atoms. The number of ether oxygens (including phenoxy) is 1. The number of aryl methyl sites for hydroxylation is 1. The summed E-state index contributed by atoms with van der Waals surface area (Å²) in [5, 5.41) is 15.9. The molecule has 0 saturated heterocycles. The van der Waals surface area contributed by atoms with Gasteiger partial charge >= 0.3 is 0 Å². The molecule has 2 N–H and O–H groups in total. The zero-order chi connectivity index (χ0) is 18.5. The first kappa shape index (κ1) is 17.5. The van der Waals surface area contributed by atoms with Crippen LogP contribution in [0.15, 0.2) is 59.7 Å². The van der Waals surface area contributed by atoms with Gasteiger partial charge in [-0.15, -0.1) is 0 Å². The third kappa shape index (κ3) is 3.83. The number of carbonyl (C=O) groups excluding carboxylic acids is 1. The molecule has 0 aliphatic heterocycles. The molecule has 3 aromatic rings. The quantitative estimate of drug-likeness (QED) is 0.546. The van der Waals surface area contributed by atoms with Crippen molar-refractivity contribution in [2.75, 3.05) is 6.61 Å². The van der Waals surface area contributed by atoms with Crippen LogP contribution in [0.5, 0.6) is 11.5 Å². The molecule has 132 valence electrons. The Kier molecular flexibility index (Phi) is 5.17. The van der Waals surface area contributed by atoms with E-state index in [1.54, 1.807) is 6.07 Å². The second-order valence-corrected chi connectivity index (χ2v) is 6.00. The number of benzene rings is 3. The predicted molar refractivity (Wildman–Crippen MR) is 103 cm³/mol. The number of nitrogens with zero attached hydrogens (tertiary/aromatic N) is 1. The lowest BCUT2D eigenvalue weighted by atomic mass is 10.1. The Balaban J connectivity index is 1.61. The summed E-state index contributed by atoms with van der Waals surface area (Å²) in [6.07, 6.45) is 1.41. The van der Waals surface area contributed by atoms with E-state index in [2.05, 4.69) is 10.5 Å². The molecule has 5 heteroatoms. The average Bonchev–Trinajstić information content (AvgIpc) is 2.65. The Bertz CT molecular complexity index is 980. The fraction of sp³-hybridized carbons (Fsp3) is 0.143. The largest absolute Gasteiger partial charge is 0.507 e. The van der Waals surface area contributed by atoms with Gasteiger partial charge in [0.15, 0.2) is 6.61 Å². The third-order valence-electron chi connectivity index (χ3n) is 4.24. The van der Waals surface area contributed by atoms with Gasteiger partial charge in [0.25, 0.3) is 5.91 Å². The summed E-state index contributed by atoms with van der Waals surface area (Å²) in [7, 11) is 0. The van der Waals surface area contributed by atoms with Gasteiger partial charge in [-0.25, -0.2) is 5.43 Å². The van der Waals surface area contributed by atoms with Crippen molar-refractivity contribution in [2.45, 2.75) is 13.8 Å². The lowest BCUT2D eigenvalue weighted by Crippen LogP contribution is -2.24. The number of phenols is 1. The minimum atomic E-state index is -0.373. The number of aromatic hydroxyl groups is 1. The van der Waals surface area contributed by atoms with Crippen LogP contribution in [0.4, 0.5) is 0 Å². The van der Waals surface area contributed by atoms with Gasteiger partial charge in [-0.3, -0.25) is 4.79 Å². The molecule has 0 aliphatic carbocycles. The Morgan fingerprint density at radius 3 is 2.77 bits per heavy atom. The normalized spacial score (nSPS) is 11.0. The molecule has 0 saturated carbocycles. The molecule has 0 bridgehead atoms. The molecule has 0 aromatic heterocycles. The standard InChI is InChI=1S/C21H20N2O3/c1-14-6-5-9-19(15(14)2)26-13-20(24)23-22-12-17-11-10-16-7-3-4-8-18(16)21(17)25/h3-12,25H,13H2,1-2H3,(H,23,24)/b22-12-. The minimum Gasteiger partial charge on any atom is -0.507 e. The molecule has 26 heavy (non-hydrogen) atoms. The first-order chi connectivity index (χ1) is 12.6. The Morgan fingerprint density at radius 1 is 1.12 bits per heavy atom. The van der Waals surface area contributed by atoms with Crippen LogP contribution in [0.3, 0.4) is 0 Å². The maximum atomic E-state index is 11.9. The second kappa shape index (κ2) is 7.70. The van der Waals surface area contributed by atoms with Crippen LogP contribution in [-0.2, 0) is 4.79 Å². The summed E-state index contributed by atoms with van der Waals surface area (Å²) in [5.41, 5.74) is 5.04. The van der Waals surface area contributed by atoms with Gasteiger partial charge in [-0.05, 0) is 42.5 Å². The number of amides is 1. The van der Waals surface area contributed by atoms with Gasteiger partial charge in [-0.2, -0.15) is 5.10 Å². The number of phenolic OH excluding ortho intramolecular Hbond substituents is 1. The van der Waals surface area contributed by atoms with E-state index in [1.165, 1.54) is 6.21 Å². The summed E-state index contributed by atoms with van der Waals surface area (Å²) >= 11 is 0. The maximum Gasteiger partial charge on any atom is 0.277 e. The van der Waals surface area contributed by atoms with E-state index in [0.717, 1.165) is 21.9 Å². The molecular formula is C21H20N2O3. The SMILES string of the molecule is Cc1cccc(OCC(=O)N/N=C\c2ccc3ccccc3c2O)c1C. The van der Waals surface area contributed by atoms with E-state index in [-0.39, 0.29) is 18.3 Å². The van der Waals surface area contributed by atoms with Crippen LogP contribution in [0.2, 0.25) is 0 Å². The molecule has 0 radical (unpaired) electrons. The molecule has 0 unspecified atom stereocenters. The second-order valence-electron chi connectivity index (χ2n) is 6.00. The van der Waals surface area contributed by atoms with Crippen molar-refractivity contribution in [1.82, 2.24) is 5.43 Å². The lowest BCUT2D eigenvalue weighted by Gasteiger charge is -2.09. The fourth-order valence-corrected chi connectivity index (χ4v) is 2.61. The topological polar surface area (TPSA) is 70.9 Å². The Hall–Kier alpha value is -3.34. The third-order valence-corrected chi connectivity index (χ3v) is 4.24. The molecule has 0 fully saturated rings. The molecule has 0 aliphatic rings. The van der Waals surface area contributed by atoms with E-state index >= 15 is 0 Å². The van der Waals surface area contributed by atoms with Crippen LogP contribution < -0.4 is 10.2 Å². The smallest absolute Gasteiger partial charge is 0.277 e. The summed E-state index contributed by atoms with van der Waals surface area (Å²) in [5.74, 6) is 0.437. The van der Waals surface area contributed by atoms with Crippen molar-refractivity contribution in [1.29, 1.82) is 0 Å². The zero-order valence-corrected chi connectivity index (χ0v) is 14.7. The van der Waals surface area contributed by atoms with Crippen LogP contribution in [0, 0.1) is 13.8 Å². The van der Waals surface area contributed by atoms with E-state index in [9.17, 15) is 9.90 Å². The summed E-state index contributed by atoms with van der Waals surface area (Å²) in [6, 6.07) is 16.9. The zero-order valence-electron chi connectivity index (χ0n) is 14.7. The van der Waals surface area contributed by atoms with Crippen LogP contribution in [0.25, 0.3) is 10.8 Å². The summed E-state index contributed by atoms with van der Waals surface area (Å²) < 4.78 is 5.53. The van der Waals surface area contributed by atoms with E-state index < -0.39 is 0 Å². The molecule has 0 atom stereocenters. The highest BCUT2D eigenvalue weighted by Crippen LogP contribution is 2.27. The van der Waals surface area contributed by atoms with Crippen LogP contribution in [-0.4, -0.2) is 23.8 Å². The van der Waals surface area contributed by atoms with E-state index in [4.69, 9.17) is 4.74 Å². The number of fused-ring (bicyclic) bond motifs is 1. The average molecular weight is 348 g/mol. The van der Waals surface area contributed by atoms with E-state index in [0.29, 0.717) is 11.3 Å². The summed E-state index contributed by atoms with van der Waals surface area (Å²) in [6.45, 7) is 3.80. The molecule has 5 nitrogen and oxygen atoms in total. The Labute approximate surface area is 151 Å². The highest BCUT2D eigenvalue weighted by atomic mass is 16.5. The number of hydrazone groups is 1. The highest BCUT2D eigenvalue weighted by Gasteiger charge is 2.06. The van der Waals surface area contributed by atoms with Crippen molar-refractivity contribution >= 4 is 22.9 Å². The first-order valence-corrected chi connectivity index (χ1v) is 8.28.